The van der Waals surface area contributed by atoms with Crippen LogP contribution in [-0.2, 0) is 14.3 Å². The number of piperidine rings is 1. The average molecular weight is 410 g/mol. The van der Waals surface area contributed by atoms with E-state index in [2.05, 4.69) is 4.90 Å². The van der Waals surface area contributed by atoms with Crippen LogP contribution in [-0.4, -0.2) is 81.8 Å². The van der Waals surface area contributed by atoms with E-state index in [1.165, 1.54) is 37.0 Å². The molecule has 0 bridgehead atoms. The fourth-order valence-electron chi connectivity index (χ4n) is 4.95. The second-order valence-corrected chi connectivity index (χ2v) is 9.76. The summed E-state index contributed by atoms with van der Waals surface area (Å²) in [4.78, 5) is 42.3. The predicted octanol–water partition coefficient (Wildman–Crippen LogP) is 2.52. The van der Waals surface area contributed by atoms with Gasteiger partial charge >= 0.3 is 12.1 Å². The first-order valence-electron chi connectivity index (χ1n) is 10.8. The number of carbonyl (C=O) groups is 3. The van der Waals surface area contributed by atoms with Crippen LogP contribution >= 0.6 is 0 Å². The molecule has 0 atom stereocenters. The molecule has 0 unspecified atom stereocenters. The zero-order valence-electron chi connectivity index (χ0n) is 18.0. The highest BCUT2D eigenvalue weighted by Crippen LogP contribution is 2.38. The van der Waals surface area contributed by atoms with Crippen molar-refractivity contribution in [2.24, 2.45) is 5.92 Å². The normalized spacial score (nSPS) is 23.6. The van der Waals surface area contributed by atoms with Crippen molar-refractivity contribution in [3.8, 4) is 0 Å². The van der Waals surface area contributed by atoms with Gasteiger partial charge in [-0.1, -0.05) is 19.3 Å². The minimum absolute atomic E-state index is 0.0976. The molecular formula is C21H35N3O5. The largest absolute Gasteiger partial charge is 0.480 e. The summed E-state index contributed by atoms with van der Waals surface area (Å²) in [5.41, 5.74) is -1.24. The van der Waals surface area contributed by atoms with E-state index >= 15 is 0 Å². The molecule has 8 nitrogen and oxygen atoms in total. The smallest absolute Gasteiger partial charge is 0.410 e. The van der Waals surface area contributed by atoms with Gasteiger partial charge in [0.1, 0.15) is 17.7 Å². The molecule has 1 spiro atoms. The van der Waals surface area contributed by atoms with Crippen LogP contribution in [0.4, 0.5) is 4.79 Å². The van der Waals surface area contributed by atoms with Crippen LogP contribution in [0.25, 0.3) is 0 Å². The number of nitrogens with zero attached hydrogens (tertiary/aromatic N) is 3. The van der Waals surface area contributed by atoms with Gasteiger partial charge in [-0.3, -0.25) is 14.5 Å². The Bertz CT molecular complexity index is 631. The Labute approximate surface area is 173 Å². The molecule has 0 radical (unpaired) electrons. The highest BCUT2D eigenvalue weighted by Gasteiger charge is 2.54. The number of aliphatic carboxylic acids is 1. The van der Waals surface area contributed by atoms with Crippen LogP contribution in [0.5, 0.6) is 0 Å². The Kier molecular flexibility index (Phi) is 6.41. The average Bonchev–Trinajstić information content (AvgIpc) is 2.87. The van der Waals surface area contributed by atoms with Crippen molar-refractivity contribution >= 4 is 18.0 Å². The fourth-order valence-corrected chi connectivity index (χ4v) is 4.95. The van der Waals surface area contributed by atoms with Gasteiger partial charge in [-0.05, 0) is 52.4 Å². The topological polar surface area (TPSA) is 90.4 Å². The molecule has 8 heteroatoms. The number of hydrogen-bond donors (Lipinski definition) is 1. The van der Waals surface area contributed by atoms with Crippen molar-refractivity contribution in [1.29, 1.82) is 0 Å². The summed E-state index contributed by atoms with van der Waals surface area (Å²) in [6.07, 6.45) is 6.76. The highest BCUT2D eigenvalue weighted by molar-refractivity contribution is 5.91. The summed E-state index contributed by atoms with van der Waals surface area (Å²) in [6.45, 7) is 7.34. The number of carbonyl (C=O) groups excluding carboxylic acids is 2. The van der Waals surface area contributed by atoms with E-state index in [4.69, 9.17) is 4.74 Å². The first kappa shape index (κ1) is 21.9. The molecule has 3 rings (SSSR count). The molecule has 1 N–H and O–H groups in total. The Morgan fingerprint density at radius 3 is 2.31 bits per heavy atom. The first-order chi connectivity index (χ1) is 13.6. The van der Waals surface area contributed by atoms with Crippen molar-refractivity contribution in [3.05, 3.63) is 0 Å². The molecule has 0 aromatic heterocycles. The van der Waals surface area contributed by atoms with E-state index in [-0.39, 0.29) is 18.5 Å². The highest BCUT2D eigenvalue weighted by atomic mass is 16.6. The number of rotatable bonds is 4. The van der Waals surface area contributed by atoms with Gasteiger partial charge in [-0.25, -0.2) is 4.79 Å². The maximum absolute atomic E-state index is 13.3. The molecule has 1 aliphatic carbocycles. The summed E-state index contributed by atoms with van der Waals surface area (Å²) < 4.78 is 5.48. The molecule has 2 amide bonds. The lowest BCUT2D eigenvalue weighted by atomic mass is 9.83. The van der Waals surface area contributed by atoms with Gasteiger partial charge in [0.05, 0.1) is 6.67 Å². The number of ether oxygens (including phenoxy) is 1. The van der Waals surface area contributed by atoms with Crippen molar-refractivity contribution in [2.45, 2.75) is 76.9 Å². The third kappa shape index (κ3) is 5.02. The van der Waals surface area contributed by atoms with Crippen molar-refractivity contribution in [3.63, 3.8) is 0 Å². The Balaban J connectivity index is 1.71. The van der Waals surface area contributed by atoms with Gasteiger partial charge in [0.2, 0.25) is 5.91 Å². The van der Waals surface area contributed by atoms with Crippen LogP contribution in [0, 0.1) is 5.92 Å². The standard InChI is InChI=1S/C21H35N3O5/c1-20(2,3)29-19(28)22-11-9-21(10-12-22)18(27)23(14-17(25)26)15-24(21)13-16-7-5-4-6-8-16/h16H,4-15H2,1-3H3,(H,25,26). The molecule has 0 aromatic rings. The van der Waals surface area contributed by atoms with E-state index in [9.17, 15) is 19.5 Å². The van der Waals surface area contributed by atoms with E-state index in [0.717, 1.165) is 6.54 Å². The third-order valence-electron chi connectivity index (χ3n) is 6.40. The van der Waals surface area contributed by atoms with E-state index in [1.807, 2.05) is 20.8 Å². The fraction of sp³-hybridized carbons (Fsp3) is 0.857. The van der Waals surface area contributed by atoms with Gasteiger partial charge < -0.3 is 19.6 Å². The predicted molar refractivity (Wildman–Crippen MR) is 107 cm³/mol. The second-order valence-electron chi connectivity index (χ2n) is 9.76. The number of carboxylic acid groups (broad SMARTS) is 1. The van der Waals surface area contributed by atoms with Crippen LogP contribution in [0.2, 0.25) is 0 Å². The lowest BCUT2D eigenvalue weighted by Crippen LogP contribution is -2.58. The molecule has 3 aliphatic rings. The van der Waals surface area contributed by atoms with Crippen LogP contribution in [0.1, 0.15) is 65.7 Å². The van der Waals surface area contributed by atoms with E-state index in [0.29, 0.717) is 38.5 Å². The lowest BCUT2D eigenvalue weighted by molar-refractivity contribution is -0.144. The van der Waals surface area contributed by atoms with Crippen molar-refractivity contribution in [1.82, 2.24) is 14.7 Å². The molecule has 2 saturated heterocycles. The zero-order valence-corrected chi connectivity index (χ0v) is 18.0. The SMILES string of the molecule is CC(C)(C)OC(=O)N1CCC2(CC1)C(=O)N(CC(=O)O)CN2CC1CCCCC1. The summed E-state index contributed by atoms with van der Waals surface area (Å²) in [7, 11) is 0. The number of amides is 2. The van der Waals surface area contributed by atoms with Crippen molar-refractivity contribution in [2.75, 3.05) is 32.8 Å². The number of likely N-dealkylation sites (tertiary alicyclic amines) is 1. The number of hydrogen-bond acceptors (Lipinski definition) is 5. The molecule has 0 aromatic carbocycles. The summed E-state index contributed by atoms with van der Waals surface area (Å²) >= 11 is 0. The van der Waals surface area contributed by atoms with Gasteiger partial charge in [-0.2, -0.15) is 0 Å². The third-order valence-corrected chi connectivity index (χ3v) is 6.40. The van der Waals surface area contributed by atoms with Crippen LogP contribution in [0.3, 0.4) is 0 Å². The molecular weight excluding hydrogens is 374 g/mol. The van der Waals surface area contributed by atoms with E-state index < -0.39 is 17.1 Å². The minimum atomic E-state index is -0.987. The molecule has 3 fully saturated rings. The Morgan fingerprint density at radius 1 is 1.14 bits per heavy atom. The number of carboxylic acids is 1. The summed E-state index contributed by atoms with van der Waals surface area (Å²) in [5, 5.41) is 9.23. The first-order valence-corrected chi connectivity index (χ1v) is 10.8. The van der Waals surface area contributed by atoms with Crippen LogP contribution in [0.15, 0.2) is 0 Å². The molecule has 2 heterocycles. The molecule has 1 saturated carbocycles. The Morgan fingerprint density at radius 2 is 1.76 bits per heavy atom. The molecule has 29 heavy (non-hydrogen) atoms. The van der Waals surface area contributed by atoms with Gasteiger partial charge in [-0.15, -0.1) is 0 Å². The second kappa shape index (κ2) is 8.50. The molecule has 164 valence electrons. The lowest BCUT2D eigenvalue weighted by Gasteiger charge is -2.43. The molecule has 2 aliphatic heterocycles. The quantitative estimate of drug-likeness (QED) is 0.767. The van der Waals surface area contributed by atoms with Gasteiger partial charge in [0, 0.05) is 19.6 Å². The summed E-state index contributed by atoms with van der Waals surface area (Å²) in [5.74, 6) is -0.527. The van der Waals surface area contributed by atoms with Gasteiger partial charge in [0.15, 0.2) is 0 Å². The Hall–Kier alpha value is -1.83. The zero-order chi connectivity index (χ0) is 21.2. The minimum Gasteiger partial charge on any atom is -0.480 e. The monoisotopic (exact) mass is 409 g/mol. The maximum Gasteiger partial charge on any atom is 0.410 e. The van der Waals surface area contributed by atoms with E-state index in [1.54, 1.807) is 4.90 Å². The van der Waals surface area contributed by atoms with Gasteiger partial charge in [0.25, 0.3) is 0 Å². The summed E-state index contributed by atoms with van der Waals surface area (Å²) in [6, 6.07) is 0. The van der Waals surface area contributed by atoms with Crippen molar-refractivity contribution < 1.29 is 24.2 Å². The van der Waals surface area contributed by atoms with Crippen LogP contribution < -0.4 is 0 Å². The maximum atomic E-state index is 13.3.